The Balaban J connectivity index is 1.66. The molecule has 1 atom stereocenters. The number of hydrogen-bond donors (Lipinski definition) is 2. The van der Waals surface area contributed by atoms with Crippen molar-refractivity contribution in [3.05, 3.63) is 47.3 Å². The van der Waals surface area contributed by atoms with Gasteiger partial charge in [-0.25, -0.2) is 4.98 Å². The van der Waals surface area contributed by atoms with Crippen LogP contribution in [0.2, 0.25) is 0 Å². The number of aromatic nitrogens is 2. The minimum absolute atomic E-state index is 0.204. The minimum atomic E-state index is 0.204. The normalized spacial score (nSPS) is 19.6. The van der Waals surface area contributed by atoms with E-state index in [0.717, 1.165) is 43.6 Å². The molecular formula is C22H25N3O2. The summed E-state index contributed by atoms with van der Waals surface area (Å²) in [6.45, 7) is 4.74. The molecule has 2 aromatic heterocycles. The lowest BCUT2D eigenvalue weighted by molar-refractivity contribution is 0.111. The van der Waals surface area contributed by atoms with E-state index in [2.05, 4.69) is 40.0 Å². The quantitative estimate of drug-likeness (QED) is 0.747. The molecule has 1 saturated heterocycles. The smallest absolute Gasteiger partial charge is 0.137 e. The molecular weight excluding hydrogens is 338 g/mol. The topological polar surface area (TPSA) is 61.4 Å². The van der Waals surface area contributed by atoms with Crippen LogP contribution in [0.5, 0.6) is 0 Å². The molecule has 0 bridgehead atoms. The zero-order chi connectivity index (χ0) is 18.4. The summed E-state index contributed by atoms with van der Waals surface area (Å²) in [5.74, 6) is 0. The highest BCUT2D eigenvalue weighted by atomic mass is 16.5. The van der Waals surface area contributed by atoms with Crippen LogP contribution in [-0.4, -0.2) is 40.9 Å². The number of fused-ring (bicyclic) bond motifs is 2. The van der Waals surface area contributed by atoms with Crippen LogP contribution in [0.1, 0.15) is 29.5 Å². The Morgan fingerprint density at radius 2 is 2.22 bits per heavy atom. The molecule has 0 amide bonds. The van der Waals surface area contributed by atoms with Crippen molar-refractivity contribution < 1.29 is 9.84 Å². The van der Waals surface area contributed by atoms with Gasteiger partial charge in [0.05, 0.1) is 25.9 Å². The monoisotopic (exact) mass is 363 g/mol. The molecule has 27 heavy (non-hydrogen) atoms. The molecule has 1 fully saturated rings. The van der Waals surface area contributed by atoms with Crippen LogP contribution in [0.4, 0.5) is 5.69 Å². The van der Waals surface area contributed by atoms with Crippen molar-refractivity contribution in [2.24, 2.45) is 0 Å². The van der Waals surface area contributed by atoms with Gasteiger partial charge in [0.15, 0.2) is 0 Å². The summed E-state index contributed by atoms with van der Waals surface area (Å²) in [4.78, 5) is 10.2. The molecule has 5 nitrogen and oxygen atoms in total. The lowest BCUT2D eigenvalue weighted by Gasteiger charge is -2.31. The van der Waals surface area contributed by atoms with E-state index < -0.39 is 0 Å². The molecule has 2 aliphatic rings. The first-order chi connectivity index (χ1) is 13.2. The number of aliphatic hydroxyl groups is 1. The average molecular weight is 363 g/mol. The number of anilines is 1. The third-order valence-electron chi connectivity index (χ3n) is 6.05. The lowest BCUT2D eigenvalue weighted by atomic mass is 9.94. The molecule has 2 aliphatic heterocycles. The van der Waals surface area contributed by atoms with Crippen molar-refractivity contribution in [1.29, 1.82) is 0 Å². The van der Waals surface area contributed by atoms with Crippen LogP contribution in [0, 0.1) is 6.92 Å². The van der Waals surface area contributed by atoms with E-state index in [-0.39, 0.29) is 12.6 Å². The van der Waals surface area contributed by atoms with Gasteiger partial charge in [-0.1, -0.05) is 6.07 Å². The largest absolute Gasteiger partial charge is 0.394 e. The predicted molar refractivity (Wildman–Crippen MR) is 107 cm³/mol. The van der Waals surface area contributed by atoms with Crippen molar-refractivity contribution in [3.8, 4) is 11.1 Å². The summed E-state index contributed by atoms with van der Waals surface area (Å²) in [5.41, 5.74) is 8.36. The molecule has 0 spiro atoms. The number of hydrogen-bond acceptors (Lipinski definition) is 4. The number of benzene rings is 1. The first kappa shape index (κ1) is 16.8. The summed E-state index contributed by atoms with van der Waals surface area (Å²) in [6.07, 6.45) is 7.07. The summed E-state index contributed by atoms with van der Waals surface area (Å²) >= 11 is 0. The summed E-state index contributed by atoms with van der Waals surface area (Å²) in [7, 11) is 0. The van der Waals surface area contributed by atoms with E-state index in [1.165, 1.54) is 33.3 Å². The van der Waals surface area contributed by atoms with E-state index in [1.807, 2.05) is 12.4 Å². The van der Waals surface area contributed by atoms with Gasteiger partial charge in [-0.2, -0.15) is 0 Å². The number of aromatic amines is 1. The molecule has 0 saturated carbocycles. The van der Waals surface area contributed by atoms with Crippen LogP contribution in [0.25, 0.3) is 22.2 Å². The minimum Gasteiger partial charge on any atom is -0.394 e. The van der Waals surface area contributed by atoms with Gasteiger partial charge in [-0.05, 0) is 55.0 Å². The van der Waals surface area contributed by atoms with Crippen molar-refractivity contribution >= 4 is 16.7 Å². The molecule has 1 aromatic carbocycles. The van der Waals surface area contributed by atoms with E-state index in [1.54, 1.807) is 0 Å². The van der Waals surface area contributed by atoms with E-state index in [0.29, 0.717) is 6.61 Å². The maximum atomic E-state index is 9.83. The van der Waals surface area contributed by atoms with Gasteiger partial charge in [0.25, 0.3) is 0 Å². The second kappa shape index (κ2) is 6.66. The second-order valence-electron chi connectivity index (χ2n) is 7.70. The first-order valence-electron chi connectivity index (χ1n) is 9.80. The molecule has 0 radical (unpaired) electrons. The van der Waals surface area contributed by atoms with E-state index in [9.17, 15) is 5.11 Å². The SMILES string of the molecule is Cc1c[nH]c2ncc(-c3cc4c(c(N5CCC[C@@H]5CO)c3)COCC4)cc12. The van der Waals surface area contributed by atoms with Gasteiger partial charge in [0.1, 0.15) is 5.65 Å². The molecule has 140 valence electrons. The van der Waals surface area contributed by atoms with Gasteiger partial charge in [-0.3, -0.25) is 0 Å². The number of nitrogens with zero attached hydrogens (tertiary/aromatic N) is 2. The second-order valence-corrected chi connectivity index (χ2v) is 7.70. The first-order valence-corrected chi connectivity index (χ1v) is 9.80. The lowest BCUT2D eigenvalue weighted by Crippen LogP contribution is -2.33. The predicted octanol–water partition coefficient (Wildman–Crippen LogP) is 3.57. The Hall–Kier alpha value is -2.37. The number of nitrogens with one attached hydrogen (secondary N) is 1. The number of pyridine rings is 1. The molecule has 0 aliphatic carbocycles. The molecule has 0 unspecified atom stereocenters. The van der Waals surface area contributed by atoms with Crippen molar-refractivity contribution in [2.45, 2.75) is 38.8 Å². The number of rotatable bonds is 3. The fourth-order valence-corrected chi connectivity index (χ4v) is 4.52. The number of aliphatic hydroxyl groups excluding tert-OH is 1. The Morgan fingerprint density at radius 3 is 3.11 bits per heavy atom. The van der Waals surface area contributed by atoms with E-state index >= 15 is 0 Å². The summed E-state index contributed by atoms with van der Waals surface area (Å²) in [5, 5.41) is 11.0. The fraction of sp³-hybridized carbons (Fsp3) is 0.409. The zero-order valence-electron chi connectivity index (χ0n) is 15.7. The van der Waals surface area contributed by atoms with Gasteiger partial charge in [0.2, 0.25) is 0 Å². The van der Waals surface area contributed by atoms with Crippen LogP contribution >= 0.6 is 0 Å². The van der Waals surface area contributed by atoms with Gasteiger partial charge >= 0.3 is 0 Å². The maximum Gasteiger partial charge on any atom is 0.137 e. The number of aryl methyl sites for hydroxylation is 1. The Labute approximate surface area is 159 Å². The Bertz CT molecular complexity index is 995. The molecule has 5 rings (SSSR count). The summed E-state index contributed by atoms with van der Waals surface area (Å²) in [6, 6.07) is 7.01. The zero-order valence-corrected chi connectivity index (χ0v) is 15.7. The Morgan fingerprint density at radius 1 is 1.30 bits per heavy atom. The van der Waals surface area contributed by atoms with Gasteiger partial charge < -0.3 is 19.7 Å². The van der Waals surface area contributed by atoms with Crippen LogP contribution in [0.3, 0.4) is 0 Å². The fourth-order valence-electron chi connectivity index (χ4n) is 4.52. The van der Waals surface area contributed by atoms with E-state index in [4.69, 9.17) is 4.74 Å². The van der Waals surface area contributed by atoms with Crippen molar-refractivity contribution in [1.82, 2.24) is 9.97 Å². The molecule has 4 heterocycles. The third kappa shape index (κ3) is 2.82. The van der Waals surface area contributed by atoms with Crippen molar-refractivity contribution in [2.75, 3.05) is 24.7 Å². The highest BCUT2D eigenvalue weighted by molar-refractivity contribution is 5.85. The van der Waals surface area contributed by atoms with Gasteiger partial charge in [-0.15, -0.1) is 0 Å². The number of ether oxygens (including phenoxy) is 1. The third-order valence-corrected chi connectivity index (χ3v) is 6.05. The van der Waals surface area contributed by atoms with Crippen LogP contribution in [-0.2, 0) is 17.8 Å². The highest BCUT2D eigenvalue weighted by Crippen LogP contribution is 2.37. The highest BCUT2D eigenvalue weighted by Gasteiger charge is 2.28. The molecule has 2 N–H and O–H groups in total. The Kier molecular flexibility index (Phi) is 4.14. The maximum absolute atomic E-state index is 9.83. The summed E-state index contributed by atoms with van der Waals surface area (Å²) < 4.78 is 5.77. The van der Waals surface area contributed by atoms with Crippen molar-refractivity contribution in [3.63, 3.8) is 0 Å². The van der Waals surface area contributed by atoms with Crippen LogP contribution in [0.15, 0.2) is 30.6 Å². The number of H-pyrrole nitrogens is 1. The van der Waals surface area contributed by atoms with Crippen LogP contribution < -0.4 is 4.90 Å². The van der Waals surface area contributed by atoms with Gasteiger partial charge in [0, 0.05) is 41.1 Å². The average Bonchev–Trinajstić information content (AvgIpc) is 3.33. The standard InChI is InChI=1S/C22H25N3O2/c1-14-10-23-22-19(14)8-17(11-24-22)16-7-15-4-6-27-13-20(15)21(9-16)25-5-2-3-18(25)12-26/h7-11,18,26H,2-6,12-13H2,1H3,(H,23,24)/t18-/m1/s1. The molecule has 5 heteroatoms. The molecule has 3 aromatic rings.